The van der Waals surface area contributed by atoms with Crippen molar-refractivity contribution in [2.75, 3.05) is 11.9 Å². The maximum Gasteiger partial charge on any atom is 0.411 e. The molecule has 3 N–H and O–H groups in total. The Kier molecular flexibility index (Phi) is 9.97. The Morgan fingerprint density at radius 3 is 2.33 bits per heavy atom. The van der Waals surface area contributed by atoms with Crippen molar-refractivity contribution in [2.45, 2.75) is 96.1 Å². The smallest absolute Gasteiger partial charge is 0.411 e. The van der Waals surface area contributed by atoms with E-state index in [9.17, 15) is 18.0 Å². The van der Waals surface area contributed by atoms with E-state index >= 15 is 0 Å². The largest absolute Gasteiger partial charge is 0.447 e. The first-order chi connectivity index (χ1) is 18.1. The average Bonchev–Trinajstić information content (AvgIpc) is 3.27. The highest BCUT2D eigenvalue weighted by Crippen LogP contribution is 2.38. The van der Waals surface area contributed by atoms with E-state index in [2.05, 4.69) is 20.3 Å². The second kappa shape index (κ2) is 12.6. The lowest BCUT2D eigenvalue weighted by atomic mass is 10.1. The SMILES string of the molecule is CC(C)OC(=O)Nc1ccc(-c2cnc([C@@H]3CCC(NC(=O)OC(C)C)CO3)s2)c(S(=O)(=O)NC(C)(C)C)c1. The zero-order valence-electron chi connectivity index (χ0n) is 23.4. The van der Waals surface area contributed by atoms with Crippen LogP contribution in [0.1, 0.15) is 72.4 Å². The molecule has 1 aromatic heterocycles. The molecule has 0 spiro atoms. The van der Waals surface area contributed by atoms with Gasteiger partial charge in [0.2, 0.25) is 10.0 Å². The maximum absolute atomic E-state index is 13.4. The highest BCUT2D eigenvalue weighted by Gasteiger charge is 2.29. The predicted octanol–water partition coefficient (Wildman–Crippen LogP) is 5.20. The van der Waals surface area contributed by atoms with Gasteiger partial charge in [0.15, 0.2) is 0 Å². The minimum Gasteiger partial charge on any atom is -0.447 e. The Bertz CT molecular complexity index is 1260. The van der Waals surface area contributed by atoms with Crippen LogP contribution in [0.3, 0.4) is 0 Å². The monoisotopic (exact) mass is 582 g/mol. The van der Waals surface area contributed by atoms with Crippen LogP contribution in [-0.4, -0.2) is 56.0 Å². The lowest BCUT2D eigenvalue weighted by Gasteiger charge is -2.28. The Hall–Kier alpha value is -2.74. The Balaban J connectivity index is 1.82. The number of nitrogens with zero attached hydrogens (tertiary/aromatic N) is 1. The number of sulfonamides is 1. The Morgan fingerprint density at radius 1 is 1.08 bits per heavy atom. The molecular formula is C26H38N4O7S2. The number of aromatic nitrogens is 1. The van der Waals surface area contributed by atoms with Gasteiger partial charge in [-0.3, -0.25) is 5.32 Å². The lowest BCUT2D eigenvalue weighted by molar-refractivity contribution is -0.00533. The molecule has 39 heavy (non-hydrogen) atoms. The molecule has 2 atom stereocenters. The summed E-state index contributed by atoms with van der Waals surface area (Å²) in [5, 5.41) is 6.11. The molecule has 3 rings (SSSR count). The number of alkyl carbamates (subject to hydrolysis) is 1. The number of rotatable bonds is 8. The molecule has 2 heterocycles. The summed E-state index contributed by atoms with van der Waals surface area (Å²) in [4.78, 5) is 29.2. The summed E-state index contributed by atoms with van der Waals surface area (Å²) in [5.41, 5.74) is 0.00972. The van der Waals surface area contributed by atoms with Gasteiger partial charge in [-0.05, 0) is 73.4 Å². The van der Waals surface area contributed by atoms with Crippen LogP contribution < -0.4 is 15.4 Å². The number of amides is 2. The van der Waals surface area contributed by atoms with E-state index in [1.54, 1.807) is 66.8 Å². The first-order valence-corrected chi connectivity index (χ1v) is 15.1. The van der Waals surface area contributed by atoms with Crippen molar-refractivity contribution in [1.82, 2.24) is 15.0 Å². The van der Waals surface area contributed by atoms with Gasteiger partial charge in [-0.25, -0.2) is 27.7 Å². The van der Waals surface area contributed by atoms with Gasteiger partial charge in [0.25, 0.3) is 0 Å². The summed E-state index contributed by atoms with van der Waals surface area (Å²) in [6.45, 7) is 12.6. The summed E-state index contributed by atoms with van der Waals surface area (Å²) in [6, 6.07) is 4.51. The molecular weight excluding hydrogens is 544 g/mol. The minimum absolute atomic E-state index is 0.00691. The van der Waals surface area contributed by atoms with Crippen LogP contribution in [0.2, 0.25) is 0 Å². The number of hydrogen-bond acceptors (Lipinski definition) is 9. The molecule has 1 unspecified atom stereocenters. The van der Waals surface area contributed by atoms with Gasteiger partial charge < -0.3 is 19.5 Å². The fourth-order valence-electron chi connectivity index (χ4n) is 3.88. The summed E-state index contributed by atoms with van der Waals surface area (Å²) in [6.07, 6.45) is 0.994. The summed E-state index contributed by atoms with van der Waals surface area (Å²) >= 11 is 1.34. The minimum atomic E-state index is -3.97. The van der Waals surface area contributed by atoms with Crippen LogP contribution in [0, 0.1) is 0 Å². The van der Waals surface area contributed by atoms with Crippen LogP contribution in [0.5, 0.6) is 0 Å². The second-order valence-electron chi connectivity index (χ2n) is 10.9. The molecule has 1 fully saturated rings. The third-order valence-electron chi connectivity index (χ3n) is 5.31. The van der Waals surface area contributed by atoms with Gasteiger partial charge in [-0.2, -0.15) is 0 Å². The van der Waals surface area contributed by atoms with Gasteiger partial charge in [0, 0.05) is 23.0 Å². The number of carbonyl (C=O) groups is 2. The highest BCUT2D eigenvalue weighted by atomic mass is 32.2. The fourth-order valence-corrected chi connectivity index (χ4v) is 6.65. The lowest BCUT2D eigenvalue weighted by Crippen LogP contribution is -2.42. The van der Waals surface area contributed by atoms with E-state index in [-0.39, 0.29) is 34.9 Å². The number of anilines is 1. The quantitative estimate of drug-likeness (QED) is 0.385. The molecule has 1 aromatic carbocycles. The van der Waals surface area contributed by atoms with E-state index in [0.717, 1.165) is 0 Å². The average molecular weight is 583 g/mol. The van der Waals surface area contributed by atoms with Crippen molar-refractivity contribution in [3.8, 4) is 10.4 Å². The van der Waals surface area contributed by atoms with E-state index in [4.69, 9.17) is 14.2 Å². The Morgan fingerprint density at radius 2 is 1.74 bits per heavy atom. The van der Waals surface area contributed by atoms with Crippen molar-refractivity contribution in [3.63, 3.8) is 0 Å². The van der Waals surface area contributed by atoms with E-state index in [1.165, 1.54) is 17.4 Å². The number of thiazole rings is 1. The molecule has 0 aliphatic carbocycles. The van der Waals surface area contributed by atoms with Crippen LogP contribution in [0.4, 0.5) is 15.3 Å². The van der Waals surface area contributed by atoms with Crippen LogP contribution >= 0.6 is 11.3 Å². The van der Waals surface area contributed by atoms with Crippen molar-refractivity contribution >= 4 is 39.2 Å². The van der Waals surface area contributed by atoms with Gasteiger partial charge in [0.1, 0.15) is 11.1 Å². The number of carbonyl (C=O) groups excluding carboxylic acids is 2. The molecule has 0 saturated carbocycles. The van der Waals surface area contributed by atoms with Crippen LogP contribution in [0.25, 0.3) is 10.4 Å². The van der Waals surface area contributed by atoms with Gasteiger partial charge >= 0.3 is 12.2 Å². The molecule has 13 heteroatoms. The van der Waals surface area contributed by atoms with Gasteiger partial charge in [-0.15, -0.1) is 11.3 Å². The number of nitrogens with one attached hydrogen (secondary N) is 3. The first kappa shape index (κ1) is 30.8. The second-order valence-corrected chi connectivity index (χ2v) is 13.6. The van der Waals surface area contributed by atoms with Crippen molar-refractivity contribution in [1.29, 1.82) is 0 Å². The summed E-state index contributed by atoms with van der Waals surface area (Å²) < 4.78 is 45.7. The maximum atomic E-state index is 13.4. The van der Waals surface area contributed by atoms with Crippen molar-refractivity contribution < 1.29 is 32.2 Å². The predicted molar refractivity (Wildman–Crippen MR) is 149 cm³/mol. The number of ether oxygens (including phenoxy) is 3. The zero-order chi connectivity index (χ0) is 29.0. The normalized spacial score (nSPS) is 18.2. The standard InChI is InChI=1S/C26H38N4O7S2/c1-15(2)36-24(31)28-17-8-10-19(22(12-17)39(33,34)30-26(5,6)7)21-13-27-23(38-21)20-11-9-18(14-35-20)29-25(32)37-16(3)4/h8,10,12-13,15-16,18,20,30H,9,11,14H2,1-7H3,(H,28,31)(H,29,32)/t18?,20-/m0/s1. The molecule has 0 bridgehead atoms. The molecule has 1 saturated heterocycles. The van der Waals surface area contributed by atoms with Gasteiger partial charge in [0.05, 0.1) is 34.6 Å². The third-order valence-corrected chi connectivity index (χ3v) is 8.23. The van der Waals surface area contributed by atoms with Crippen LogP contribution in [-0.2, 0) is 24.2 Å². The molecule has 11 nitrogen and oxygen atoms in total. The molecule has 1 aliphatic rings. The van der Waals surface area contributed by atoms with Crippen molar-refractivity contribution in [2.24, 2.45) is 0 Å². The molecule has 1 aliphatic heterocycles. The molecule has 0 radical (unpaired) electrons. The topological polar surface area (TPSA) is 145 Å². The first-order valence-electron chi connectivity index (χ1n) is 12.8. The van der Waals surface area contributed by atoms with Crippen LogP contribution in [0.15, 0.2) is 29.3 Å². The van der Waals surface area contributed by atoms with E-state index in [0.29, 0.717) is 34.9 Å². The highest BCUT2D eigenvalue weighted by molar-refractivity contribution is 7.89. The number of hydrogen-bond donors (Lipinski definition) is 3. The fraction of sp³-hybridized carbons (Fsp3) is 0.577. The summed E-state index contributed by atoms with van der Waals surface area (Å²) in [7, 11) is -3.97. The van der Waals surface area contributed by atoms with Crippen molar-refractivity contribution in [3.05, 3.63) is 29.4 Å². The molecule has 2 amide bonds. The molecule has 216 valence electrons. The zero-order valence-corrected chi connectivity index (χ0v) is 25.0. The Labute approximate surface area is 234 Å². The number of benzene rings is 1. The van der Waals surface area contributed by atoms with E-state index < -0.39 is 27.7 Å². The summed E-state index contributed by atoms with van der Waals surface area (Å²) in [5.74, 6) is 0. The van der Waals surface area contributed by atoms with Gasteiger partial charge in [-0.1, -0.05) is 6.07 Å². The van der Waals surface area contributed by atoms with E-state index in [1.807, 2.05) is 0 Å². The third kappa shape index (κ3) is 9.16. The molecule has 2 aromatic rings.